The molecule has 1 aromatic carbocycles. The van der Waals surface area contributed by atoms with E-state index in [1.54, 1.807) is 31.2 Å². The van der Waals surface area contributed by atoms with Crippen molar-refractivity contribution in [2.75, 3.05) is 5.75 Å². The highest BCUT2D eigenvalue weighted by atomic mass is 32.2. The molecule has 2 fully saturated rings. The molecule has 0 radical (unpaired) electrons. The second-order valence-corrected chi connectivity index (χ2v) is 12.4. The summed E-state index contributed by atoms with van der Waals surface area (Å²) in [6.45, 7) is 9.99. The predicted molar refractivity (Wildman–Crippen MR) is 126 cm³/mol. The van der Waals surface area contributed by atoms with E-state index >= 15 is 0 Å². The minimum Gasteiger partial charge on any atom is -0.346 e. The first-order chi connectivity index (χ1) is 15.0. The van der Waals surface area contributed by atoms with Gasteiger partial charge in [0.2, 0.25) is 0 Å². The highest BCUT2D eigenvalue weighted by Crippen LogP contribution is 2.45. The summed E-state index contributed by atoms with van der Waals surface area (Å²) >= 11 is 0. The van der Waals surface area contributed by atoms with Gasteiger partial charge in [0, 0.05) is 18.8 Å². The summed E-state index contributed by atoms with van der Waals surface area (Å²) in [4.78, 5) is 12.0. The van der Waals surface area contributed by atoms with Crippen molar-refractivity contribution in [2.24, 2.45) is 23.7 Å². The molecule has 1 spiro atoms. The third-order valence-electron chi connectivity index (χ3n) is 7.60. The van der Waals surface area contributed by atoms with Crippen molar-refractivity contribution in [1.29, 1.82) is 0 Å². The lowest BCUT2D eigenvalue weighted by molar-refractivity contribution is -0.336. The number of rotatable bonds is 8. The zero-order valence-electron chi connectivity index (χ0n) is 20.3. The van der Waals surface area contributed by atoms with Crippen LogP contribution in [0.2, 0.25) is 0 Å². The number of carbonyl (C=O) groups is 1. The predicted octanol–water partition coefficient (Wildman–Crippen LogP) is 5.43. The molecule has 3 rings (SSSR count). The highest BCUT2D eigenvalue weighted by Gasteiger charge is 2.48. The fourth-order valence-corrected chi connectivity index (χ4v) is 6.84. The Kier molecular flexibility index (Phi) is 8.21. The molecular formula is C26H40O5S. The van der Waals surface area contributed by atoms with Gasteiger partial charge in [-0.25, -0.2) is 8.42 Å². The molecule has 7 atom stereocenters. The zero-order valence-corrected chi connectivity index (χ0v) is 21.1. The molecule has 32 heavy (non-hydrogen) atoms. The van der Waals surface area contributed by atoms with E-state index in [1.807, 2.05) is 19.9 Å². The molecule has 0 bridgehead atoms. The van der Waals surface area contributed by atoms with E-state index in [2.05, 4.69) is 13.8 Å². The molecule has 2 aliphatic heterocycles. The minimum absolute atomic E-state index is 0.0481. The van der Waals surface area contributed by atoms with Crippen LogP contribution < -0.4 is 0 Å². The summed E-state index contributed by atoms with van der Waals surface area (Å²) in [6, 6.07) is 8.67. The number of carbonyl (C=O) groups excluding carboxylic acids is 1. The minimum atomic E-state index is -3.37. The number of hydrogen-bond acceptors (Lipinski definition) is 5. The first kappa shape index (κ1) is 25.4. The van der Waals surface area contributed by atoms with E-state index in [1.165, 1.54) is 0 Å². The molecule has 2 aliphatic rings. The van der Waals surface area contributed by atoms with Crippen molar-refractivity contribution < 1.29 is 22.7 Å². The maximum atomic E-state index is 12.9. The van der Waals surface area contributed by atoms with Crippen molar-refractivity contribution >= 4 is 15.6 Å². The van der Waals surface area contributed by atoms with Gasteiger partial charge >= 0.3 is 0 Å². The fourth-order valence-electron chi connectivity index (χ4n) is 5.19. The van der Waals surface area contributed by atoms with Crippen LogP contribution in [0.5, 0.6) is 0 Å². The standard InChI is InChI=1S/C26H40O5S/c1-18(22(5)27)11-12-24-19(2)13-15-26(30-24)16-14-20(3)25(31-26)21(4)17-32(28,29)23-9-7-6-8-10-23/h6-10,18-21,24-25H,11-17H2,1-5H3/t18-,19+,20-,21-,24-,25+,26?/m0/s1. The van der Waals surface area contributed by atoms with E-state index in [-0.39, 0.29) is 41.5 Å². The van der Waals surface area contributed by atoms with Crippen LogP contribution in [0.25, 0.3) is 0 Å². The molecule has 0 aliphatic carbocycles. The molecule has 1 aromatic rings. The van der Waals surface area contributed by atoms with E-state index in [9.17, 15) is 13.2 Å². The van der Waals surface area contributed by atoms with E-state index in [0.717, 1.165) is 38.5 Å². The van der Waals surface area contributed by atoms with Gasteiger partial charge in [0.25, 0.3) is 0 Å². The second-order valence-electron chi connectivity index (χ2n) is 10.3. The molecule has 2 saturated heterocycles. The van der Waals surface area contributed by atoms with Crippen LogP contribution in [-0.4, -0.2) is 37.9 Å². The molecular weight excluding hydrogens is 424 g/mol. The molecule has 5 nitrogen and oxygen atoms in total. The van der Waals surface area contributed by atoms with Gasteiger partial charge in [0.15, 0.2) is 15.6 Å². The summed E-state index contributed by atoms with van der Waals surface area (Å²) < 4.78 is 39.2. The Hall–Kier alpha value is -1.24. The summed E-state index contributed by atoms with van der Waals surface area (Å²) in [5.74, 6) is 0.284. The SMILES string of the molecule is CC(=O)[C@@H](C)CC[C@@H]1OC2(CC[C@H]1C)CC[C@H](C)[C@H]([C@@H](C)CS(=O)(=O)c1ccccc1)O2. The maximum Gasteiger partial charge on any atom is 0.178 e. The number of hydrogen-bond donors (Lipinski definition) is 0. The lowest BCUT2D eigenvalue weighted by atomic mass is 9.81. The molecule has 0 saturated carbocycles. The van der Waals surface area contributed by atoms with Gasteiger partial charge in [-0.05, 0) is 62.5 Å². The van der Waals surface area contributed by atoms with Gasteiger partial charge in [0.05, 0.1) is 22.9 Å². The molecule has 0 amide bonds. The van der Waals surface area contributed by atoms with Crippen LogP contribution in [0.3, 0.4) is 0 Å². The number of Topliss-reactive ketones (excluding diaryl/α,β-unsaturated/α-hetero) is 1. The van der Waals surface area contributed by atoms with Gasteiger partial charge in [-0.1, -0.05) is 45.9 Å². The lowest BCUT2D eigenvalue weighted by Gasteiger charge is -2.51. The van der Waals surface area contributed by atoms with Crippen molar-refractivity contribution in [1.82, 2.24) is 0 Å². The van der Waals surface area contributed by atoms with Gasteiger partial charge in [-0.15, -0.1) is 0 Å². The van der Waals surface area contributed by atoms with E-state index in [0.29, 0.717) is 10.8 Å². The van der Waals surface area contributed by atoms with Crippen LogP contribution >= 0.6 is 0 Å². The summed E-state index contributed by atoms with van der Waals surface area (Å²) in [6.07, 6.45) is 5.26. The Bertz CT molecular complexity index is 863. The van der Waals surface area contributed by atoms with Crippen molar-refractivity contribution in [3.05, 3.63) is 30.3 Å². The first-order valence-electron chi connectivity index (χ1n) is 12.2. The Morgan fingerprint density at radius 3 is 2.31 bits per heavy atom. The maximum absolute atomic E-state index is 12.9. The number of ketones is 1. The van der Waals surface area contributed by atoms with Gasteiger partial charge in [-0.3, -0.25) is 4.79 Å². The van der Waals surface area contributed by atoms with Crippen LogP contribution in [-0.2, 0) is 24.1 Å². The van der Waals surface area contributed by atoms with Gasteiger partial charge < -0.3 is 9.47 Å². The van der Waals surface area contributed by atoms with Gasteiger partial charge in [-0.2, -0.15) is 0 Å². The summed E-state index contributed by atoms with van der Waals surface area (Å²) in [7, 11) is -3.37. The number of ether oxygens (including phenoxy) is 2. The summed E-state index contributed by atoms with van der Waals surface area (Å²) in [5.41, 5.74) is 0. The first-order valence-corrected chi connectivity index (χ1v) is 13.8. The average molecular weight is 465 g/mol. The third-order valence-corrected chi connectivity index (χ3v) is 9.55. The van der Waals surface area contributed by atoms with Crippen molar-refractivity contribution in [3.8, 4) is 0 Å². The summed E-state index contributed by atoms with van der Waals surface area (Å²) in [5, 5.41) is 0. The Morgan fingerprint density at radius 2 is 1.69 bits per heavy atom. The fraction of sp³-hybridized carbons (Fsp3) is 0.731. The van der Waals surface area contributed by atoms with Gasteiger partial charge in [0.1, 0.15) is 5.78 Å². The highest BCUT2D eigenvalue weighted by molar-refractivity contribution is 7.91. The largest absolute Gasteiger partial charge is 0.346 e. The second kappa shape index (κ2) is 10.4. The normalized spacial score (nSPS) is 33.0. The topological polar surface area (TPSA) is 69.7 Å². The molecule has 180 valence electrons. The van der Waals surface area contributed by atoms with Crippen LogP contribution in [0.15, 0.2) is 35.2 Å². The molecule has 0 aromatic heterocycles. The Balaban J connectivity index is 1.68. The quantitative estimate of drug-likeness (QED) is 0.513. The smallest absolute Gasteiger partial charge is 0.178 e. The zero-order chi connectivity index (χ0) is 23.5. The molecule has 0 N–H and O–H groups in total. The Morgan fingerprint density at radius 1 is 1.06 bits per heavy atom. The Labute approximate surface area is 194 Å². The monoisotopic (exact) mass is 464 g/mol. The lowest BCUT2D eigenvalue weighted by Crippen LogP contribution is -2.54. The van der Waals surface area contributed by atoms with Crippen molar-refractivity contribution in [3.63, 3.8) is 0 Å². The van der Waals surface area contributed by atoms with Crippen LogP contribution in [0, 0.1) is 23.7 Å². The van der Waals surface area contributed by atoms with Crippen molar-refractivity contribution in [2.45, 2.75) is 96.0 Å². The molecule has 2 heterocycles. The van der Waals surface area contributed by atoms with Crippen LogP contribution in [0.1, 0.15) is 73.1 Å². The number of sulfone groups is 1. The average Bonchev–Trinajstić information content (AvgIpc) is 2.76. The molecule has 1 unspecified atom stereocenters. The number of benzene rings is 1. The third kappa shape index (κ3) is 6.00. The van der Waals surface area contributed by atoms with Crippen LogP contribution in [0.4, 0.5) is 0 Å². The van der Waals surface area contributed by atoms with E-state index in [4.69, 9.17) is 9.47 Å². The van der Waals surface area contributed by atoms with E-state index < -0.39 is 15.6 Å². The molecule has 6 heteroatoms.